The van der Waals surface area contributed by atoms with Gasteiger partial charge in [-0.2, -0.15) is 0 Å². The van der Waals surface area contributed by atoms with Gasteiger partial charge in [-0.25, -0.2) is 0 Å². The highest BCUT2D eigenvalue weighted by Crippen LogP contribution is 2.42. The molecule has 0 saturated carbocycles. The van der Waals surface area contributed by atoms with E-state index in [1.54, 1.807) is 11.3 Å². The van der Waals surface area contributed by atoms with Crippen molar-refractivity contribution in [1.82, 2.24) is 15.2 Å². The summed E-state index contributed by atoms with van der Waals surface area (Å²) in [6, 6.07) is 10.5. The molecule has 0 aromatic carbocycles. The Kier molecular flexibility index (Phi) is 4.15. The van der Waals surface area contributed by atoms with E-state index in [9.17, 15) is 0 Å². The van der Waals surface area contributed by atoms with Crippen LogP contribution in [0.3, 0.4) is 0 Å². The summed E-state index contributed by atoms with van der Waals surface area (Å²) >= 11 is 13.3. The molecule has 3 nitrogen and oxygen atoms in total. The molecule has 110 valence electrons. The molecule has 1 N–H and O–H groups in total. The molecule has 1 aliphatic rings. The van der Waals surface area contributed by atoms with E-state index in [0.29, 0.717) is 6.04 Å². The maximum absolute atomic E-state index is 6.13. The fourth-order valence-corrected chi connectivity index (χ4v) is 4.36. The van der Waals surface area contributed by atoms with Gasteiger partial charge in [0.2, 0.25) is 0 Å². The van der Waals surface area contributed by atoms with Gasteiger partial charge < -0.3 is 10.2 Å². The fourth-order valence-electron chi connectivity index (χ4n) is 2.71. The molecule has 3 rings (SSSR count). The molecule has 0 aliphatic carbocycles. The Morgan fingerprint density at radius 2 is 2.14 bits per heavy atom. The summed E-state index contributed by atoms with van der Waals surface area (Å²) in [6.07, 6.45) is 1.82. The molecule has 0 radical (unpaired) electrons. The van der Waals surface area contributed by atoms with Gasteiger partial charge >= 0.3 is 0 Å². The lowest BCUT2D eigenvalue weighted by Crippen LogP contribution is -2.35. The van der Waals surface area contributed by atoms with Gasteiger partial charge in [0, 0.05) is 17.1 Å². The number of rotatable bonds is 3. The summed E-state index contributed by atoms with van der Waals surface area (Å²) < 4.78 is 0.797. The van der Waals surface area contributed by atoms with Crippen LogP contribution in [0.25, 0.3) is 0 Å². The van der Waals surface area contributed by atoms with Crippen molar-refractivity contribution in [1.29, 1.82) is 0 Å². The number of halogens is 1. The van der Waals surface area contributed by atoms with Crippen molar-refractivity contribution in [3.05, 3.63) is 51.4 Å². The van der Waals surface area contributed by atoms with Crippen molar-refractivity contribution in [3.8, 4) is 0 Å². The van der Waals surface area contributed by atoms with Gasteiger partial charge in [0.15, 0.2) is 5.11 Å². The predicted octanol–water partition coefficient (Wildman–Crippen LogP) is 4.18. The third-order valence-electron chi connectivity index (χ3n) is 3.58. The maximum Gasteiger partial charge on any atom is 0.170 e. The number of pyridine rings is 1. The fraction of sp³-hybridized carbons (Fsp3) is 0.333. The van der Waals surface area contributed by atoms with E-state index >= 15 is 0 Å². The van der Waals surface area contributed by atoms with Crippen LogP contribution in [0.2, 0.25) is 4.34 Å². The van der Waals surface area contributed by atoms with Crippen molar-refractivity contribution < 1.29 is 0 Å². The van der Waals surface area contributed by atoms with Gasteiger partial charge in [0.25, 0.3) is 0 Å². The van der Waals surface area contributed by atoms with Crippen molar-refractivity contribution in [2.45, 2.75) is 32.0 Å². The predicted molar refractivity (Wildman–Crippen MR) is 91.8 cm³/mol. The molecule has 0 amide bonds. The summed E-state index contributed by atoms with van der Waals surface area (Å²) in [7, 11) is 0. The van der Waals surface area contributed by atoms with E-state index in [1.165, 1.54) is 4.88 Å². The lowest BCUT2D eigenvalue weighted by atomic mass is 10.0. The molecule has 1 saturated heterocycles. The summed E-state index contributed by atoms with van der Waals surface area (Å²) in [5.41, 5.74) is 0.998. The van der Waals surface area contributed by atoms with E-state index < -0.39 is 0 Å². The summed E-state index contributed by atoms with van der Waals surface area (Å²) in [5.74, 6) is 0. The van der Waals surface area contributed by atoms with Crippen molar-refractivity contribution in [2.24, 2.45) is 0 Å². The van der Waals surface area contributed by atoms with E-state index in [-0.39, 0.29) is 12.1 Å². The summed E-state index contributed by atoms with van der Waals surface area (Å²) in [5, 5.41) is 4.19. The van der Waals surface area contributed by atoms with Crippen LogP contribution >= 0.6 is 35.2 Å². The van der Waals surface area contributed by atoms with Gasteiger partial charge in [0.1, 0.15) is 0 Å². The average Bonchev–Trinajstić information content (AvgIpc) is 3.03. The zero-order valence-corrected chi connectivity index (χ0v) is 14.2. The highest BCUT2D eigenvalue weighted by Gasteiger charge is 2.41. The second-order valence-electron chi connectivity index (χ2n) is 5.27. The van der Waals surface area contributed by atoms with Crippen LogP contribution in [0.4, 0.5) is 0 Å². The first-order chi connectivity index (χ1) is 10.1. The lowest BCUT2D eigenvalue weighted by Gasteiger charge is -2.30. The first-order valence-electron chi connectivity index (χ1n) is 6.83. The first kappa shape index (κ1) is 14.8. The van der Waals surface area contributed by atoms with E-state index in [4.69, 9.17) is 23.8 Å². The molecule has 0 bridgehead atoms. The highest BCUT2D eigenvalue weighted by atomic mass is 35.5. The van der Waals surface area contributed by atoms with Crippen molar-refractivity contribution >= 4 is 40.3 Å². The number of thiophene rings is 1. The quantitative estimate of drug-likeness (QED) is 0.850. The zero-order valence-electron chi connectivity index (χ0n) is 11.8. The van der Waals surface area contributed by atoms with Crippen LogP contribution in [0.5, 0.6) is 0 Å². The summed E-state index contributed by atoms with van der Waals surface area (Å²) in [4.78, 5) is 7.93. The largest absolute Gasteiger partial charge is 0.352 e. The van der Waals surface area contributed by atoms with Crippen LogP contribution in [-0.2, 0) is 0 Å². The van der Waals surface area contributed by atoms with E-state index in [1.807, 2.05) is 30.5 Å². The monoisotopic (exact) mass is 337 g/mol. The highest BCUT2D eigenvalue weighted by molar-refractivity contribution is 7.80. The molecule has 21 heavy (non-hydrogen) atoms. The Balaban J connectivity index is 2.05. The van der Waals surface area contributed by atoms with Gasteiger partial charge in [-0.15, -0.1) is 11.3 Å². The Bertz CT molecular complexity index is 641. The maximum atomic E-state index is 6.13. The van der Waals surface area contributed by atoms with Gasteiger partial charge in [0.05, 0.1) is 22.1 Å². The number of hydrogen-bond acceptors (Lipinski definition) is 3. The average molecular weight is 338 g/mol. The van der Waals surface area contributed by atoms with Crippen LogP contribution in [0, 0.1) is 0 Å². The Morgan fingerprint density at radius 1 is 1.33 bits per heavy atom. The third-order valence-corrected chi connectivity index (χ3v) is 5.21. The third kappa shape index (κ3) is 2.78. The minimum Gasteiger partial charge on any atom is -0.352 e. The van der Waals surface area contributed by atoms with Crippen LogP contribution in [0.15, 0.2) is 36.5 Å². The Labute approximate surface area is 139 Å². The second kappa shape index (κ2) is 5.91. The smallest absolute Gasteiger partial charge is 0.170 e. The molecule has 0 unspecified atom stereocenters. The van der Waals surface area contributed by atoms with Crippen LogP contribution < -0.4 is 5.32 Å². The standard InChI is InChI=1S/C15H16ClN3S2/c1-9(2)19-14(11-6-7-12(16)21-11)13(18-15(19)20)10-5-3-4-8-17-10/h3-9,13-14H,1-2H3,(H,18,20)/t13-,14+/m0/s1. The van der Waals surface area contributed by atoms with Crippen molar-refractivity contribution in [3.63, 3.8) is 0 Å². The SMILES string of the molecule is CC(C)N1C(=S)N[C@@H](c2ccccn2)[C@H]1c1ccc(Cl)s1. The first-order valence-corrected chi connectivity index (χ1v) is 8.43. The Morgan fingerprint density at radius 3 is 2.71 bits per heavy atom. The van der Waals surface area contributed by atoms with Gasteiger partial charge in [-0.05, 0) is 50.3 Å². The number of nitrogens with one attached hydrogen (secondary N) is 1. The van der Waals surface area contributed by atoms with Gasteiger partial charge in [-0.3, -0.25) is 4.98 Å². The molecule has 0 spiro atoms. The molecule has 2 aromatic heterocycles. The second-order valence-corrected chi connectivity index (χ2v) is 7.40. The number of hydrogen-bond donors (Lipinski definition) is 1. The number of aromatic nitrogens is 1. The molecule has 2 aromatic rings. The molecule has 3 heterocycles. The normalized spacial score (nSPS) is 21.9. The Hall–Kier alpha value is -1.17. The molecule has 1 fully saturated rings. The molecule has 6 heteroatoms. The van der Waals surface area contributed by atoms with Crippen LogP contribution in [0.1, 0.15) is 36.5 Å². The lowest BCUT2D eigenvalue weighted by molar-refractivity contribution is 0.273. The van der Waals surface area contributed by atoms with Gasteiger partial charge in [-0.1, -0.05) is 17.7 Å². The van der Waals surface area contributed by atoms with E-state index in [2.05, 4.69) is 35.1 Å². The van der Waals surface area contributed by atoms with Crippen molar-refractivity contribution in [2.75, 3.05) is 0 Å². The van der Waals surface area contributed by atoms with E-state index in [0.717, 1.165) is 15.1 Å². The molecule has 1 aliphatic heterocycles. The molecule has 2 atom stereocenters. The minimum atomic E-state index is 0.0517. The topological polar surface area (TPSA) is 28.2 Å². The van der Waals surface area contributed by atoms with Crippen LogP contribution in [-0.4, -0.2) is 21.0 Å². The molecular formula is C15H16ClN3S2. The number of nitrogens with zero attached hydrogens (tertiary/aromatic N) is 2. The zero-order chi connectivity index (χ0) is 15.0. The molecular weight excluding hydrogens is 322 g/mol. The number of thiocarbonyl (C=S) groups is 1. The minimum absolute atomic E-state index is 0.0517. The summed E-state index contributed by atoms with van der Waals surface area (Å²) in [6.45, 7) is 4.30.